The second-order valence-corrected chi connectivity index (χ2v) is 10.5. The molecule has 1 aliphatic heterocycles. The number of hydrogen-bond acceptors (Lipinski definition) is 5. The average Bonchev–Trinajstić information content (AvgIpc) is 2.87. The molecule has 8 heteroatoms. The van der Waals surface area contributed by atoms with Crippen LogP contribution in [0.2, 0.25) is 0 Å². The number of fused-ring (bicyclic) bond motifs is 2. The molecule has 0 unspecified atom stereocenters. The van der Waals surface area contributed by atoms with Crippen molar-refractivity contribution in [1.82, 2.24) is 9.29 Å². The van der Waals surface area contributed by atoms with E-state index in [9.17, 15) is 13.2 Å². The SMILES string of the molecule is Cc1ccc2c(c1)OC(C)(C)C[C@@H]2NS(=O)(=O)c1ccc2c(c1)sc(=O)n2C. The van der Waals surface area contributed by atoms with Gasteiger partial charge in [0.1, 0.15) is 11.4 Å². The molecule has 6 nitrogen and oxygen atoms in total. The maximum Gasteiger partial charge on any atom is 0.307 e. The van der Waals surface area contributed by atoms with E-state index in [4.69, 9.17) is 4.74 Å². The van der Waals surface area contributed by atoms with Crippen molar-refractivity contribution in [3.8, 4) is 5.75 Å². The summed E-state index contributed by atoms with van der Waals surface area (Å²) >= 11 is 1.04. The largest absolute Gasteiger partial charge is 0.487 e. The molecule has 0 fully saturated rings. The molecule has 0 saturated heterocycles. The second-order valence-electron chi connectivity index (χ2n) is 7.84. The van der Waals surface area contributed by atoms with Crippen molar-refractivity contribution in [2.75, 3.05) is 0 Å². The molecule has 3 aromatic rings. The smallest absolute Gasteiger partial charge is 0.307 e. The summed E-state index contributed by atoms with van der Waals surface area (Å²) in [7, 11) is -2.09. The van der Waals surface area contributed by atoms with Crippen LogP contribution in [0.3, 0.4) is 0 Å². The molecular formula is C20H22N2O4S2. The van der Waals surface area contributed by atoms with Crippen LogP contribution in [0.5, 0.6) is 5.75 Å². The fraction of sp³-hybridized carbons (Fsp3) is 0.350. The molecule has 2 heterocycles. The molecule has 148 valence electrons. The monoisotopic (exact) mass is 418 g/mol. The van der Waals surface area contributed by atoms with E-state index in [-0.39, 0.29) is 9.77 Å². The molecule has 1 atom stereocenters. The zero-order chi connectivity index (χ0) is 20.3. The first-order valence-corrected chi connectivity index (χ1v) is 11.3. The van der Waals surface area contributed by atoms with Gasteiger partial charge in [-0.1, -0.05) is 23.5 Å². The predicted molar refractivity (Wildman–Crippen MR) is 111 cm³/mol. The van der Waals surface area contributed by atoms with E-state index in [1.54, 1.807) is 19.2 Å². The molecule has 2 aromatic carbocycles. The van der Waals surface area contributed by atoms with Gasteiger partial charge in [-0.25, -0.2) is 13.1 Å². The summed E-state index contributed by atoms with van der Waals surface area (Å²) in [5.41, 5.74) is 2.13. The molecule has 0 bridgehead atoms. The number of thiazole rings is 1. The van der Waals surface area contributed by atoms with Crippen LogP contribution in [-0.4, -0.2) is 18.6 Å². The lowest BCUT2D eigenvalue weighted by molar-refractivity contribution is 0.0701. The maximum atomic E-state index is 13.1. The van der Waals surface area contributed by atoms with Gasteiger partial charge >= 0.3 is 4.87 Å². The van der Waals surface area contributed by atoms with Gasteiger partial charge < -0.3 is 9.30 Å². The van der Waals surface area contributed by atoms with Gasteiger partial charge in [-0.2, -0.15) is 0 Å². The Labute approximate surface area is 167 Å². The number of nitrogens with zero attached hydrogens (tertiary/aromatic N) is 1. The molecule has 1 N–H and O–H groups in total. The Kier molecular flexibility index (Phi) is 4.41. The van der Waals surface area contributed by atoms with Gasteiger partial charge in [-0.05, 0) is 50.6 Å². The van der Waals surface area contributed by atoms with Gasteiger partial charge in [-0.15, -0.1) is 0 Å². The topological polar surface area (TPSA) is 77.4 Å². The predicted octanol–water partition coefficient (Wildman–Crippen LogP) is 3.49. The molecule has 0 aliphatic carbocycles. The first-order valence-electron chi connectivity index (χ1n) is 8.97. The van der Waals surface area contributed by atoms with Gasteiger partial charge in [0.25, 0.3) is 0 Å². The number of ether oxygens (including phenoxy) is 1. The first kappa shape index (κ1) is 19.2. The maximum absolute atomic E-state index is 13.1. The second kappa shape index (κ2) is 6.43. The Balaban J connectivity index is 1.73. The summed E-state index contributed by atoms with van der Waals surface area (Å²) < 4.78 is 37.2. The minimum Gasteiger partial charge on any atom is -0.487 e. The zero-order valence-electron chi connectivity index (χ0n) is 16.1. The van der Waals surface area contributed by atoms with Crippen molar-refractivity contribution in [3.63, 3.8) is 0 Å². The van der Waals surface area contributed by atoms with Crippen LogP contribution < -0.4 is 14.3 Å². The Morgan fingerprint density at radius 3 is 2.71 bits per heavy atom. The van der Waals surface area contributed by atoms with E-state index < -0.39 is 21.7 Å². The van der Waals surface area contributed by atoms with Gasteiger partial charge in [0.05, 0.1) is 21.2 Å². The van der Waals surface area contributed by atoms with Crippen molar-refractivity contribution >= 4 is 31.6 Å². The van der Waals surface area contributed by atoms with Gasteiger partial charge in [0, 0.05) is 19.0 Å². The highest BCUT2D eigenvalue weighted by atomic mass is 32.2. The standard InChI is InChI=1S/C20H22N2O4S2/c1-12-5-7-14-15(11-20(2,3)26-17(14)9-12)21-28(24,25)13-6-8-16-18(10-13)27-19(23)22(16)4/h5-10,15,21H,11H2,1-4H3/t15-/m0/s1. The number of rotatable bonds is 3. The summed E-state index contributed by atoms with van der Waals surface area (Å²) in [6, 6.07) is 10.2. The Morgan fingerprint density at radius 2 is 1.96 bits per heavy atom. The van der Waals surface area contributed by atoms with E-state index in [0.29, 0.717) is 16.9 Å². The van der Waals surface area contributed by atoms with Crippen molar-refractivity contribution in [2.45, 2.75) is 43.7 Å². The molecule has 0 spiro atoms. The fourth-order valence-electron chi connectivity index (χ4n) is 3.60. The minimum atomic E-state index is -3.77. The van der Waals surface area contributed by atoms with Crippen molar-refractivity contribution in [3.05, 3.63) is 57.2 Å². The van der Waals surface area contributed by atoms with E-state index in [1.165, 1.54) is 10.6 Å². The molecule has 0 amide bonds. The van der Waals surface area contributed by atoms with Crippen LogP contribution in [0.1, 0.15) is 37.4 Å². The fourth-order valence-corrected chi connectivity index (χ4v) is 5.84. The highest BCUT2D eigenvalue weighted by molar-refractivity contribution is 7.89. The average molecular weight is 419 g/mol. The third kappa shape index (κ3) is 3.36. The van der Waals surface area contributed by atoms with Crippen LogP contribution in [0.4, 0.5) is 0 Å². The molecule has 0 saturated carbocycles. The number of aromatic nitrogens is 1. The summed E-state index contributed by atoms with van der Waals surface area (Å²) in [4.78, 5) is 11.9. The molecule has 4 rings (SSSR count). The Morgan fingerprint density at radius 1 is 1.21 bits per heavy atom. The Hall–Kier alpha value is -2.16. The number of hydrogen-bond donors (Lipinski definition) is 1. The Bertz CT molecular complexity index is 1240. The molecule has 0 radical (unpaired) electrons. The van der Waals surface area contributed by atoms with Crippen LogP contribution in [0, 0.1) is 6.92 Å². The van der Waals surface area contributed by atoms with Crippen LogP contribution in [0.15, 0.2) is 46.1 Å². The quantitative estimate of drug-likeness (QED) is 0.706. The minimum absolute atomic E-state index is 0.118. The van der Waals surface area contributed by atoms with Gasteiger partial charge in [0.2, 0.25) is 10.0 Å². The van der Waals surface area contributed by atoms with E-state index in [0.717, 1.165) is 28.0 Å². The molecule has 1 aliphatic rings. The van der Waals surface area contributed by atoms with Gasteiger partial charge in [-0.3, -0.25) is 4.79 Å². The van der Waals surface area contributed by atoms with Crippen LogP contribution in [0.25, 0.3) is 10.2 Å². The third-order valence-corrected chi connectivity index (χ3v) is 7.46. The highest BCUT2D eigenvalue weighted by Crippen LogP contribution is 2.40. The number of aryl methyl sites for hydroxylation is 2. The van der Waals surface area contributed by atoms with E-state index >= 15 is 0 Å². The lowest BCUT2D eigenvalue weighted by Gasteiger charge is -2.38. The van der Waals surface area contributed by atoms with Crippen LogP contribution in [-0.2, 0) is 17.1 Å². The van der Waals surface area contributed by atoms with E-state index in [1.807, 2.05) is 39.0 Å². The van der Waals surface area contributed by atoms with Crippen molar-refractivity contribution in [1.29, 1.82) is 0 Å². The first-order chi connectivity index (χ1) is 13.1. The number of nitrogens with one attached hydrogen (secondary N) is 1. The highest BCUT2D eigenvalue weighted by Gasteiger charge is 2.36. The molecule has 28 heavy (non-hydrogen) atoms. The zero-order valence-corrected chi connectivity index (χ0v) is 17.8. The summed E-state index contributed by atoms with van der Waals surface area (Å²) in [6.45, 7) is 5.88. The molecule has 1 aromatic heterocycles. The number of benzene rings is 2. The lowest BCUT2D eigenvalue weighted by Crippen LogP contribution is -2.41. The third-order valence-electron chi connectivity index (χ3n) is 5.00. The van der Waals surface area contributed by atoms with Gasteiger partial charge in [0.15, 0.2) is 0 Å². The van der Waals surface area contributed by atoms with Crippen molar-refractivity contribution < 1.29 is 13.2 Å². The number of sulfonamides is 1. The van der Waals surface area contributed by atoms with E-state index in [2.05, 4.69) is 4.72 Å². The molecular weight excluding hydrogens is 396 g/mol. The normalized spacial score (nSPS) is 18.6. The summed E-state index contributed by atoms with van der Waals surface area (Å²) in [6.07, 6.45) is 0.517. The van der Waals surface area contributed by atoms with Crippen molar-refractivity contribution in [2.24, 2.45) is 7.05 Å². The summed E-state index contributed by atoms with van der Waals surface area (Å²) in [5, 5.41) is 0. The van der Waals surface area contributed by atoms with Crippen LogP contribution >= 0.6 is 11.3 Å². The lowest BCUT2D eigenvalue weighted by atomic mass is 9.90. The summed E-state index contributed by atoms with van der Waals surface area (Å²) in [5.74, 6) is 0.709.